The molecule has 0 fully saturated rings. The van der Waals surface area contributed by atoms with E-state index in [1.165, 1.54) is 0 Å². The number of alkyl halides is 10. The van der Waals surface area contributed by atoms with Gasteiger partial charge in [-0.1, -0.05) is 0 Å². The normalized spacial score (nSPS) is 14.0. The van der Waals surface area contributed by atoms with Gasteiger partial charge in [-0.15, -0.1) is 0 Å². The van der Waals surface area contributed by atoms with Gasteiger partial charge < -0.3 is 0 Å². The van der Waals surface area contributed by atoms with Gasteiger partial charge in [-0.25, -0.2) is 9.98 Å². The molecule has 0 rings (SSSR count). The highest BCUT2D eigenvalue weighted by molar-refractivity contribution is 5.41. The third-order valence-electron chi connectivity index (χ3n) is 1.53. The molecule has 0 unspecified atom stereocenters. The van der Waals surface area contributed by atoms with Crippen LogP contribution in [-0.4, -0.2) is 43.3 Å². The van der Waals surface area contributed by atoms with Crippen molar-refractivity contribution in [3.63, 3.8) is 0 Å². The fourth-order valence-electron chi connectivity index (χ4n) is 0.499. The maximum absolute atomic E-state index is 12.2. The van der Waals surface area contributed by atoms with Crippen LogP contribution in [-0.2, 0) is 0 Å². The van der Waals surface area contributed by atoms with Crippen molar-refractivity contribution in [3.8, 4) is 0 Å². The SMILES string of the molecule is FC(F)(F)C(F)(F)CN=C=NCC(F)(F)C(F)(F)F. The minimum Gasteiger partial charge on any atom is -0.219 e. The van der Waals surface area contributed by atoms with Crippen molar-refractivity contribution in [2.24, 2.45) is 9.98 Å². The van der Waals surface area contributed by atoms with Gasteiger partial charge in [0.2, 0.25) is 0 Å². The average molecular weight is 306 g/mol. The van der Waals surface area contributed by atoms with Crippen LogP contribution in [0.3, 0.4) is 0 Å². The Morgan fingerprint density at radius 1 is 0.579 bits per heavy atom. The van der Waals surface area contributed by atoms with E-state index in [9.17, 15) is 43.9 Å². The molecule has 0 spiro atoms. The summed E-state index contributed by atoms with van der Waals surface area (Å²) in [6, 6.07) is 0.932. The van der Waals surface area contributed by atoms with E-state index in [1.54, 1.807) is 0 Å². The summed E-state index contributed by atoms with van der Waals surface area (Å²) in [6.45, 7) is -4.42. The molecule has 0 saturated carbocycles. The largest absolute Gasteiger partial charge is 0.455 e. The number of nitrogens with zero attached hydrogens (tertiary/aromatic N) is 2. The third kappa shape index (κ3) is 5.05. The molecule has 19 heavy (non-hydrogen) atoms. The molecule has 2 nitrogen and oxygen atoms in total. The number of halogens is 10. The molecule has 0 N–H and O–H groups in total. The summed E-state index contributed by atoms with van der Waals surface area (Å²) in [7, 11) is 0. The van der Waals surface area contributed by atoms with E-state index in [4.69, 9.17) is 0 Å². The van der Waals surface area contributed by atoms with Gasteiger partial charge in [-0.2, -0.15) is 43.9 Å². The number of hydrogen-bond donors (Lipinski definition) is 0. The standard InChI is InChI=1S/C7H4F10N2/c8-4(9,6(12,13)14)1-18-3-19-2-5(10,11)7(15,16)17/h1-2H2. The summed E-state index contributed by atoms with van der Waals surface area (Å²) in [5, 5.41) is 0. The fraction of sp³-hybridized carbons (Fsp3) is 0.857. The van der Waals surface area contributed by atoms with Crippen molar-refractivity contribution in [2.45, 2.75) is 24.2 Å². The Labute approximate surface area is 98.4 Å². The Morgan fingerprint density at radius 2 is 0.842 bits per heavy atom. The van der Waals surface area contributed by atoms with E-state index >= 15 is 0 Å². The quantitative estimate of drug-likeness (QED) is 0.560. The van der Waals surface area contributed by atoms with Crippen molar-refractivity contribution in [1.29, 1.82) is 0 Å². The Kier molecular flexibility index (Phi) is 4.98. The Hall–Kier alpha value is -1.32. The molecular weight excluding hydrogens is 302 g/mol. The topological polar surface area (TPSA) is 24.7 Å². The van der Waals surface area contributed by atoms with E-state index in [2.05, 4.69) is 9.98 Å². The minimum atomic E-state index is -5.92. The molecule has 0 bridgehead atoms. The van der Waals surface area contributed by atoms with E-state index in [0.717, 1.165) is 6.01 Å². The zero-order chi connectivity index (χ0) is 15.5. The lowest BCUT2D eigenvalue weighted by Gasteiger charge is -2.16. The summed E-state index contributed by atoms with van der Waals surface area (Å²) < 4.78 is 118. The Morgan fingerprint density at radius 3 is 1.05 bits per heavy atom. The molecule has 0 heterocycles. The molecule has 0 aliphatic rings. The van der Waals surface area contributed by atoms with Crippen LogP contribution < -0.4 is 0 Å². The molecule has 0 aliphatic heterocycles. The average Bonchev–Trinajstić information content (AvgIpc) is 2.12. The van der Waals surface area contributed by atoms with E-state index in [-0.39, 0.29) is 0 Å². The molecule has 0 atom stereocenters. The van der Waals surface area contributed by atoms with Crippen molar-refractivity contribution < 1.29 is 43.9 Å². The third-order valence-corrected chi connectivity index (χ3v) is 1.53. The highest BCUT2D eigenvalue weighted by Gasteiger charge is 2.58. The first kappa shape index (κ1) is 17.7. The van der Waals surface area contributed by atoms with Crippen LogP contribution in [0.25, 0.3) is 0 Å². The summed E-state index contributed by atoms with van der Waals surface area (Å²) in [5.41, 5.74) is 0. The molecule has 0 aromatic heterocycles. The van der Waals surface area contributed by atoms with E-state index < -0.39 is 37.3 Å². The second-order valence-corrected chi connectivity index (χ2v) is 3.14. The van der Waals surface area contributed by atoms with Crippen LogP contribution >= 0.6 is 0 Å². The number of rotatable bonds is 4. The van der Waals surface area contributed by atoms with Crippen molar-refractivity contribution in [3.05, 3.63) is 0 Å². The van der Waals surface area contributed by atoms with Gasteiger partial charge in [0.25, 0.3) is 0 Å². The van der Waals surface area contributed by atoms with Gasteiger partial charge in [0.1, 0.15) is 13.1 Å². The van der Waals surface area contributed by atoms with Crippen LogP contribution in [0.15, 0.2) is 9.98 Å². The predicted octanol–water partition coefficient (Wildman–Crippen LogP) is 3.56. The molecule has 0 aliphatic carbocycles. The maximum atomic E-state index is 12.2. The smallest absolute Gasteiger partial charge is 0.219 e. The van der Waals surface area contributed by atoms with Gasteiger partial charge in [0.15, 0.2) is 0 Å². The fourth-order valence-corrected chi connectivity index (χ4v) is 0.499. The van der Waals surface area contributed by atoms with Crippen LogP contribution in [0.1, 0.15) is 0 Å². The molecule has 0 amide bonds. The molecule has 0 radical (unpaired) electrons. The number of aliphatic imine (C=N–C) groups is 2. The molecular formula is C7H4F10N2. The zero-order valence-electron chi connectivity index (χ0n) is 8.59. The minimum absolute atomic E-state index is 0.932. The lowest BCUT2D eigenvalue weighted by Crippen LogP contribution is -2.39. The maximum Gasteiger partial charge on any atom is 0.455 e. The monoisotopic (exact) mass is 306 g/mol. The second kappa shape index (κ2) is 5.35. The van der Waals surface area contributed by atoms with E-state index in [1.807, 2.05) is 0 Å². The predicted molar refractivity (Wildman–Crippen MR) is 41.6 cm³/mol. The summed E-state index contributed by atoms with van der Waals surface area (Å²) in [4.78, 5) is 4.41. The first-order valence-electron chi connectivity index (χ1n) is 4.18. The first-order chi connectivity index (χ1) is 8.21. The summed E-state index contributed by atoms with van der Waals surface area (Å²) in [6.07, 6.45) is -11.8. The highest BCUT2D eigenvalue weighted by Crippen LogP contribution is 2.36. The summed E-state index contributed by atoms with van der Waals surface area (Å²) >= 11 is 0. The Balaban J connectivity index is 4.58. The lowest BCUT2D eigenvalue weighted by molar-refractivity contribution is -0.276. The van der Waals surface area contributed by atoms with Crippen molar-refractivity contribution >= 4 is 6.01 Å². The van der Waals surface area contributed by atoms with Crippen LogP contribution in [0.4, 0.5) is 43.9 Å². The van der Waals surface area contributed by atoms with E-state index in [0.29, 0.717) is 0 Å². The zero-order valence-corrected chi connectivity index (χ0v) is 8.59. The molecule has 112 valence electrons. The van der Waals surface area contributed by atoms with Gasteiger partial charge >= 0.3 is 24.2 Å². The van der Waals surface area contributed by atoms with Crippen molar-refractivity contribution in [1.82, 2.24) is 0 Å². The van der Waals surface area contributed by atoms with Crippen LogP contribution in [0.5, 0.6) is 0 Å². The molecule has 0 aromatic carbocycles. The van der Waals surface area contributed by atoms with Crippen molar-refractivity contribution in [2.75, 3.05) is 13.1 Å². The summed E-state index contributed by atoms with van der Waals surface area (Å²) in [5.74, 6) is -10.5. The second-order valence-electron chi connectivity index (χ2n) is 3.14. The van der Waals surface area contributed by atoms with Crippen LogP contribution in [0.2, 0.25) is 0 Å². The number of hydrogen-bond acceptors (Lipinski definition) is 2. The van der Waals surface area contributed by atoms with Gasteiger partial charge in [0, 0.05) is 0 Å². The molecule has 0 saturated heterocycles. The lowest BCUT2D eigenvalue weighted by atomic mass is 10.3. The van der Waals surface area contributed by atoms with Gasteiger partial charge in [0.05, 0.1) is 6.01 Å². The molecule has 12 heteroatoms. The van der Waals surface area contributed by atoms with Gasteiger partial charge in [-0.3, -0.25) is 0 Å². The van der Waals surface area contributed by atoms with Gasteiger partial charge in [-0.05, 0) is 0 Å². The highest BCUT2D eigenvalue weighted by atomic mass is 19.4. The Bertz CT molecular complexity index is 327. The first-order valence-corrected chi connectivity index (χ1v) is 4.18. The van der Waals surface area contributed by atoms with Crippen LogP contribution in [0, 0.1) is 0 Å². The molecule has 0 aromatic rings.